The minimum Gasteiger partial charge on any atom is -0.342 e. The number of amides is 2. The topological polar surface area (TPSA) is 53.5 Å². The average Bonchev–Trinajstić information content (AvgIpc) is 2.94. The van der Waals surface area contributed by atoms with Crippen molar-refractivity contribution in [2.45, 2.75) is 31.7 Å². The first-order valence-corrected chi connectivity index (χ1v) is 9.61. The summed E-state index contributed by atoms with van der Waals surface area (Å²) in [5.74, 6) is 0.207. The van der Waals surface area contributed by atoms with Gasteiger partial charge in [-0.15, -0.1) is 0 Å². The second-order valence-electron chi connectivity index (χ2n) is 7.75. The minimum atomic E-state index is -0.310. The van der Waals surface area contributed by atoms with Gasteiger partial charge in [0.05, 0.1) is 5.41 Å². The predicted molar refractivity (Wildman–Crippen MR) is 103 cm³/mol. The van der Waals surface area contributed by atoms with Crippen molar-refractivity contribution in [2.75, 3.05) is 20.1 Å². The van der Waals surface area contributed by atoms with E-state index in [9.17, 15) is 9.59 Å². The lowest BCUT2D eigenvalue weighted by atomic mass is 9.75. The molecule has 2 aliphatic rings. The number of likely N-dealkylation sites (N-methyl/N-ethyl adjacent to an activating group) is 1. The molecule has 1 spiro atoms. The Morgan fingerprint density at radius 1 is 1.11 bits per heavy atom. The molecule has 140 valence electrons. The fraction of sp³-hybridized carbons (Fsp3) is 0.409. The molecule has 0 saturated carbocycles. The molecule has 3 heterocycles. The van der Waals surface area contributed by atoms with Crippen molar-refractivity contribution in [1.82, 2.24) is 14.8 Å². The highest BCUT2D eigenvalue weighted by Gasteiger charge is 2.51. The second kappa shape index (κ2) is 7.14. The van der Waals surface area contributed by atoms with E-state index in [1.54, 1.807) is 12.3 Å². The highest BCUT2D eigenvalue weighted by atomic mass is 16.2. The van der Waals surface area contributed by atoms with Crippen LogP contribution >= 0.6 is 0 Å². The molecule has 2 aliphatic heterocycles. The van der Waals surface area contributed by atoms with Gasteiger partial charge in [0.1, 0.15) is 5.69 Å². The largest absolute Gasteiger partial charge is 0.342 e. The van der Waals surface area contributed by atoms with Crippen LogP contribution in [0.15, 0.2) is 54.7 Å². The van der Waals surface area contributed by atoms with Crippen molar-refractivity contribution >= 4 is 11.8 Å². The number of rotatable bonds is 3. The van der Waals surface area contributed by atoms with Crippen LogP contribution in [-0.4, -0.2) is 52.8 Å². The number of hydrogen-bond acceptors (Lipinski definition) is 3. The van der Waals surface area contributed by atoms with Crippen molar-refractivity contribution in [3.63, 3.8) is 0 Å². The van der Waals surface area contributed by atoms with Crippen LogP contribution in [0.3, 0.4) is 0 Å². The van der Waals surface area contributed by atoms with Gasteiger partial charge >= 0.3 is 0 Å². The van der Waals surface area contributed by atoms with Crippen LogP contribution in [0.25, 0.3) is 0 Å². The standard InChI is InChI=1S/C22H25N3O2/c1-24-18(15-17-7-3-2-4-8-17)16-22(21(24)27)10-13-25(14-11-22)20(26)19-9-5-6-12-23-19/h2-9,12,18H,10-11,13-16H2,1H3/t18-/m0/s1. The Morgan fingerprint density at radius 2 is 1.81 bits per heavy atom. The fourth-order valence-electron chi connectivity index (χ4n) is 4.52. The number of piperidine rings is 1. The molecule has 0 N–H and O–H groups in total. The molecule has 0 unspecified atom stereocenters. The van der Waals surface area contributed by atoms with Gasteiger partial charge in [0.2, 0.25) is 5.91 Å². The van der Waals surface area contributed by atoms with E-state index < -0.39 is 0 Å². The molecule has 4 rings (SSSR count). The second-order valence-corrected chi connectivity index (χ2v) is 7.75. The van der Waals surface area contributed by atoms with E-state index >= 15 is 0 Å². The molecule has 0 bridgehead atoms. The summed E-state index contributed by atoms with van der Waals surface area (Å²) in [6.07, 6.45) is 4.88. The van der Waals surface area contributed by atoms with Crippen molar-refractivity contribution < 1.29 is 9.59 Å². The number of likely N-dealkylation sites (tertiary alicyclic amines) is 2. The molecule has 1 atom stereocenters. The van der Waals surface area contributed by atoms with Gasteiger partial charge in [0.15, 0.2) is 0 Å². The molecule has 5 heteroatoms. The van der Waals surface area contributed by atoms with Crippen molar-refractivity contribution in [2.24, 2.45) is 5.41 Å². The van der Waals surface area contributed by atoms with E-state index in [1.807, 2.05) is 47.2 Å². The molecule has 5 nitrogen and oxygen atoms in total. The van der Waals surface area contributed by atoms with E-state index in [0.29, 0.717) is 18.8 Å². The van der Waals surface area contributed by atoms with Gasteiger partial charge in [0.25, 0.3) is 5.91 Å². The summed E-state index contributed by atoms with van der Waals surface area (Å²) in [7, 11) is 1.93. The van der Waals surface area contributed by atoms with Crippen LogP contribution in [0.2, 0.25) is 0 Å². The first-order valence-electron chi connectivity index (χ1n) is 9.61. The number of aromatic nitrogens is 1. The van der Waals surface area contributed by atoms with Crippen molar-refractivity contribution in [3.05, 3.63) is 66.0 Å². The maximum atomic E-state index is 13.0. The van der Waals surface area contributed by atoms with Crippen LogP contribution in [-0.2, 0) is 11.2 Å². The molecule has 2 amide bonds. The Morgan fingerprint density at radius 3 is 2.48 bits per heavy atom. The fourth-order valence-corrected chi connectivity index (χ4v) is 4.52. The highest BCUT2D eigenvalue weighted by Crippen LogP contribution is 2.44. The van der Waals surface area contributed by atoms with E-state index in [1.165, 1.54) is 5.56 Å². The minimum absolute atomic E-state index is 0.0370. The molecule has 2 saturated heterocycles. The Labute approximate surface area is 160 Å². The SMILES string of the molecule is CN1C(=O)C2(CCN(C(=O)c3ccccn3)CC2)C[C@@H]1Cc1ccccc1. The smallest absolute Gasteiger partial charge is 0.272 e. The van der Waals surface area contributed by atoms with Gasteiger partial charge < -0.3 is 9.80 Å². The van der Waals surface area contributed by atoms with Gasteiger partial charge in [-0.2, -0.15) is 0 Å². The number of benzene rings is 1. The van der Waals surface area contributed by atoms with Crippen molar-refractivity contribution in [3.8, 4) is 0 Å². The summed E-state index contributed by atoms with van der Waals surface area (Å²) >= 11 is 0. The lowest BCUT2D eigenvalue weighted by Crippen LogP contribution is -2.46. The zero-order valence-electron chi connectivity index (χ0n) is 15.7. The zero-order chi connectivity index (χ0) is 18.9. The van der Waals surface area contributed by atoms with E-state index in [2.05, 4.69) is 17.1 Å². The Balaban J connectivity index is 1.43. The first-order chi connectivity index (χ1) is 13.1. The van der Waals surface area contributed by atoms with Gasteiger partial charge in [-0.3, -0.25) is 14.6 Å². The third kappa shape index (κ3) is 3.34. The number of carbonyl (C=O) groups is 2. The van der Waals surface area contributed by atoms with Gasteiger partial charge in [-0.25, -0.2) is 0 Å². The highest BCUT2D eigenvalue weighted by molar-refractivity contribution is 5.92. The van der Waals surface area contributed by atoms with Crippen LogP contribution < -0.4 is 0 Å². The molecule has 1 aromatic heterocycles. The van der Waals surface area contributed by atoms with Crippen LogP contribution in [0.5, 0.6) is 0 Å². The summed E-state index contributed by atoms with van der Waals surface area (Å²) in [6.45, 7) is 1.24. The summed E-state index contributed by atoms with van der Waals surface area (Å²) < 4.78 is 0. The third-order valence-corrected chi connectivity index (χ3v) is 6.15. The van der Waals surface area contributed by atoms with E-state index in [-0.39, 0.29) is 23.3 Å². The van der Waals surface area contributed by atoms with Crippen LogP contribution in [0.4, 0.5) is 0 Å². The monoisotopic (exact) mass is 363 g/mol. The lowest BCUT2D eigenvalue weighted by molar-refractivity contribution is -0.137. The Bertz CT molecular complexity index is 814. The number of nitrogens with zero attached hydrogens (tertiary/aromatic N) is 3. The van der Waals surface area contributed by atoms with Crippen LogP contribution in [0, 0.1) is 5.41 Å². The number of carbonyl (C=O) groups excluding carboxylic acids is 2. The lowest BCUT2D eigenvalue weighted by Gasteiger charge is -2.37. The average molecular weight is 363 g/mol. The molecule has 1 aromatic carbocycles. The van der Waals surface area contributed by atoms with Gasteiger partial charge in [-0.05, 0) is 43.4 Å². The molecule has 0 aliphatic carbocycles. The molecule has 2 aromatic rings. The first kappa shape index (κ1) is 17.7. The summed E-state index contributed by atoms with van der Waals surface area (Å²) in [5, 5.41) is 0. The summed E-state index contributed by atoms with van der Waals surface area (Å²) in [5.41, 5.74) is 1.43. The van der Waals surface area contributed by atoms with Gasteiger partial charge in [0, 0.05) is 32.4 Å². The van der Waals surface area contributed by atoms with Crippen molar-refractivity contribution in [1.29, 1.82) is 0 Å². The maximum absolute atomic E-state index is 13.0. The summed E-state index contributed by atoms with van der Waals surface area (Å²) in [4.78, 5) is 33.6. The number of hydrogen-bond donors (Lipinski definition) is 0. The third-order valence-electron chi connectivity index (χ3n) is 6.15. The molecular weight excluding hydrogens is 338 g/mol. The predicted octanol–water partition coefficient (Wildman–Crippen LogP) is 2.78. The molecule has 2 fully saturated rings. The maximum Gasteiger partial charge on any atom is 0.272 e. The van der Waals surface area contributed by atoms with E-state index in [4.69, 9.17) is 0 Å². The molecule has 0 radical (unpaired) electrons. The molecular formula is C22H25N3O2. The van der Waals surface area contributed by atoms with Gasteiger partial charge in [-0.1, -0.05) is 36.4 Å². The number of pyridine rings is 1. The quantitative estimate of drug-likeness (QED) is 0.843. The van der Waals surface area contributed by atoms with Crippen LogP contribution in [0.1, 0.15) is 35.3 Å². The molecule has 27 heavy (non-hydrogen) atoms. The Hall–Kier alpha value is -2.69. The zero-order valence-corrected chi connectivity index (χ0v) is 15.7. The summed E-state index contributed by atoms with van der Waals surface area (Å²) in [6, 6.07) is 16.0. The Kier molecular flexibility index (Phi) is 4.68. The normalized spacial score (nSPS) is 21.7. The van der Waals surface area contributed by atoms with E-state index in [0.717, 1.165) is 25.7 Å².